The smallest absolute Gasteiger partial charge is 0.418 e. The van der Waals surface area contributed by atoms with E-state index in [1.807, 2.05) is 0 Å². The lowest BCUT2D eigenvalue weighted by Crippen LogP contribution is -2.33. The van der Waals surface area contributed by atoms with Crippen LogP contribution in [0.1, 0.15) is 17.2 Å². The van der Waals surface area contributed by atoms with Crippen molar-refractivity contribution in [3.63, 3.8) is 0 Å². The Hall–Kier alpha value is -2.94. The number of para-hydroxylation sites is 1. The number of anilines is 1. The van der Waals surface area contributed by atoms with Crippen molar-refractivity contribution in [3.8, 4) is 11.5 Å². The number of benzene rings is 2. The summed E-state index contributed by atoms with van der Waals surface area (Å²) in [4.78, 5) is 11.9. The van der Waals surface area contributed by atoms with E-state index in [0.717, 1.165) is 12.1 Å². The average Bonchev–Trinajstić information content (AvgIpc) is 2.65. The lowest BCUT2D eigenvalue weighted by atomic mass is 10.1. The van der Waals surface area contributed by atoms with E-state index in [2.05, 4.69) is 10.6 Å². The summed E-state index contributed by atoms with van der Waals surface area (Å²) in [6, 6.07) is 8.65. The van der Waals surface area contributed by atoms with Crippen LogP contribution in [0.5, 0.6) is 11.5 Å². The molecule has 144 valence electrons. The normalized spacial score (nSPS) is 14.4. The molecule has 27 heavy (non-hydrogen) atoms. The van der Waals surface area contributed by atoms with E-state index in [1.54, 1.807) is 18.2 Å². The number of aliphatic hydroxyl groups is 1. The Morgan fingerprint density at radius 3 is 2.56 bits per heavy atom. The highest BCUT2D eigenvalue weighted by molar-refractivity contribution is 5.90. The fourth-order valence-electron chi connectivity index (χ4n) is 2.58. The number of urea groups is 1. The molecule has 6 nitrogen and oxygen atoms in total. The molecule has 0 saturated carbocycles. The van der Waals surface area contributed by atoms with Crippen LogP contribution in [-0.4, -0.2) is 30.9 Å². The fourth-order valence-corrected chi connectivity index (χ4v) is 2.58. The number of nitrogens with one attached hydrogen (secondary N) is 2. The molecule has 0 radical (unpaired) electrons. The van der Waals surface area contributed by atoms with Gasteiger partial charge in [0.15, 0.2) is 11.5 Å². The minimum Gasteiger partial charge on any atom is -0.486 e. The van der Waals surface area contributed by atoms with Gasteiger partial charge in [-0.1, -0.05) is 18.2 Å². The van der Waals surface area contributed by atoms with Crippen LogP contribution in [0.15, 0.2) is 42.5 Å². The molecule has 0 spiro atoms. The topological polar surface area (TPSA) is 79.8 Å². The van der Waals surface area contributed by atoms with Gasteiger partial charge in [0.05, 0.1) is 17.4 Å². The number of fused-ring (bicyclic) bond motifs is 1. The van der Waals surface area contributed by atoms with E-state index in [0.29, 0.717) is 30.3 Å². The summed E-state index contributed by atoms with van der Waals surface area (Å²) in [5.74, 6) is 1.05. The fraction of sp³-hybridized carbons (Fsp3) is 0.278. The Balaban J connectivity index is 1.60. The van der Waals surface area contributed by atoms with Crippen LogP contribution >= 0.6 is 0 Å². The van der Waals surface area contributed by atoms with Gasteiger partial charge in [0, 0.05) is 6.54 Å². The Kier molecular flexibility index (Phi) is 5.41. The van der Waals surface area contributed by atoms with Crippen LogP contribution in [0.3, 0.4) is 0 Å². The molecule has 0 fully saturated rings. The first-order valence-corrected chi connectivity index (χ1v) is 8.13. The van der Waals surface area contributed by atoms with Gasteiger partial charge in [0.1, 0.15) is 13.2 Å². The van der Waals surface area contributed by atoms with Crippen LogP contribution in [0.4, 0.5) is 23.7 Å². The molecule has 1 aliphatic rings. The van der Waals surface area contributed by atoms with Gasteiger partial charge in [0.25, 0.3) is 0 Å². The van der Waals surface area contributed by atoms with Gasteiger partial charge in [-0.05, 0) is 29.8 Å². The van der Waals surface area contributed by atoms with Crippen molar-refractivity contribution in [2.45, 2.75) is 12.3 Å². The zero-order valence-electron chi connectivity index (χ0n) is 14.0. The third kappa shape index (κ3) is 4.62. The highest BCUT2D eigenvalue weighted by Gasteiger charge is 2.33. The molecule has 2 aromatic rings. The number of carbonyl (C=O) groups excluding carboxylic acids is 1. The predicted molar refractivity (Wildman–Crippen MR) is 90.9 cm³/mol. The van der Waals surface area contributed by atoms with Crippen molar-refractivity contribution in [1.82, 2.24) is 5.32 Å². The minimum absolute atomic E-state index is 0.195. The molecule has 1 heterocycles. The largest absolute Gasteiger partial charge is 0.486 e. The van der Waals surface area contributed by atoms with Crippen LogP contribution < -0.4 is 20.1 Å². The Bertz CT molecular complexity index is 826. The van der Waals surface area contributed by atoms with E-state index in [9.17, 15) is 23.1 Å². The van der Waals surface area contributed by atoms with Crippen LogP contribution in [0.2, 0.25) is 0 Å². The second kappa shape index (κ2) is 7.75. The molecule has 0 aromatic heterocycles. The van der Waals surface area contributed by atoms with Crippen molar-refractivity contribution in [2.24, 2.45) is 0 Å². The van der Waals surface area contributed by atoms with Crippen LogP contribution in [-0.2, 0) is 6.18 Å². The Morgan fingerprint density at radius 1 is 1.11 bits per heavy atom. The maximum atomic E-state index is 12.9. The summed E-state index contributed by atoms with van der Waals surface area (Å²) < 4.78 is 49.6. The third-order valence-electron chi connectivity index (χ3n) is 3.89. The molecule has 3 N–H and O–H groups in total. The lowest BCUT2D eigenvalue weighted by molar-refractivity contribution is -0.136. The number of aliphatic hydroxyl groups excluding tert-OH is 1. The third-order valence-corrected chi connectivity index (χ3v) is 3.89. The molecule has 0 unspecified atom stereocenters. The van der Waals surface area contributed by atoms with Crippen LogP contribution in [0, 0.1) is 0 Å². The number of ether oxygens (including phenoxy) is 2. The number of rotatable bonds is 4. The molecule has 0 aliphatic carbocycles. The molecule has 3 rings (SSSR count). The highest BCUT2D eigenvalue weighted by Crippen LogP contribution is 2.35. The van der Waals surface area contributed by atoms with Gasteiger partial charge in [-0.25, -0.2) is 4.79 Å². The Morgan fingerprint density at radius 2 is 1.81 bits per heavy atom. The maximum Gasteiger partial charge on any atom is 0.418 e. The summed E-state index contributed by atoms with van der Waals surface area (Å²) in [6.07, 6.45) is -5.65. The van der Waals surface area contributed by atoms with Gasteiger partial charge < -0.3 is 25.2 Å². The number of amides is 2. The van der Waals surface area contributed by atoms with E-state index in [-0.39, 0.29) is 12.2 Å². The zero-order valence-corrected chi connectivity index (χ0v) is 14.0. The molecule has 2 aromatic carbocycles. The predicted octanol–water partition coefficient (Wildman–Crippen LogP) is 3.33. The molecule has 0 saturated heterocycles. The first-order valence-electron chi connectivity index (χ1n) is 8.13. The molecule has 2 amide bonds. The SMILES string of the molecule is O=C(NC[C@@H](O)c1ccc2c(c1)OCCO2)Nc1ccccc1C(F)(F)F. The summed E-state index contributed by atoms with van der Waals surface area (Å²) in [7, 11) is 0. The van der Waals surface area contributed by atoms with Crippen molar-refractivity contribution >= 4 is 11.7 Å². The van der Waals surface area contributed by atoms with Crippen LogP contribution in [0.25, 0.3) is 0 Å². The number of alkyl halides is 3. The van der Waals surface area contributed by atoms with Crippen molar-refractivity contribution in [3.05, 3.63) is 53.6 Å². The zero-order chi connectivity index (χ0) is 19.4. The second-order valence-electron chi connectivity index (χ2n) is 5.80. The van der Waals surface area contributed by atoms with Gasteiger partial charge in [-0.2, -0.15) is 13.2 Å². The molecule has 9 heteroatoms. The van der Waals surface area contributed by atoms with E-state index in [4.69, 9.17) is 9.47 Å². The number of halogens is 3. The van der Waals surface area contributed by atoms with Crippen molar-refractivity contribution in [1.29, 1.82) is 0 Å². The number of carbonyl (C=O) groups is 1. The molecule has 0 bridgehead atoms. The second-order valence-corrected chi connectivity index (χ2v) is 5.80. The van der Waals surface area contributed by atoms with E-state index >= 15 is 0 Å². The van der Waals surface area contributed by atoms with Gasteiger partial charge in [-0.3, -0.25) is 0 Å². The number of hydrogen-bond donors (Lipinski definition) is 3. The van der Waals surface area contributed by atoms with E-state index in [1.165, 1.54) is 12.1 Å². The number of hydrogen-bond acceptors (Lipinski definition) is 4. The van der Waals surface area contributed by atoms with Gasteiger partial charge >= 0.3 is 12.2 Å². The van der Waals surface area contributed by atoms with Gasteiger partial charge in [0.2, 0.25) is 0 Å². The quantitative estimate of drug-likeness (QED) is 0.758. The summed E-state index contributed by atoms with van der Waals surface area (Å²) in [6.45, 7) is 0.640. The first kappa shape index (κ1) is 18.8. The maximum absolute atomic E-state index is 12.9. The molecule has 1 aliphatic heterocycles. The minimum atomic E-state index is -4.59. The summed E-state index contributed by atoms with van der Waals surface area (Å²) >= 11 is 0. The molecule has 1 atom stereocenters. The summed E-state index contributed by atoms with van der Waals surface area (Å²) in [5.41, 5.74) is -0.834. The molecular weight excluding hydrogens is 365 g/mol. The highest BCUT2D eigenvalue weighted by atomic mass is 19.4. The Labute approximate surface area is 152 Å². The monoisotopic (exact) mass is 382 g/mol. The summed E-state index contributed by atoms with van der Waals surface area (Å²) in [5, 5.41) is 14.7. The average molecular weight is 382 g/mol. The van der Waals surface area contributed by atoms with E-state index < -0.39 is 23.9 Å². The van der Waals surface area contributed by atoms with Gasteiger partial charge in [-0.15, -0.1) is 0 Å². The first-order chi connectivity index (χ1) is 12.8. The lowest BCUT2D eigenvalue weighted by Gasteiger charge is -2.20. The van der Waals surface area contributed by atoms with Crippen molar-refractivity contribution < 1.29 is 32.5 Å². The standard InChI is InChI=1S/C18H17F3N2O4/c19-18(20,21)12-3-1-2-4-13(12)23-17(25)22-10-14(24)11-5-6-15-16(9-11)27-8-7-26-15/h1-6,9,14,24H,7-8,10H2,(H2,22,23,25)/t14-/m1/s1. The molecular formula is C18H17F3N2O4. The van der Waals surface area contributed by atoms with Crippen molar-refractivity contribution in [2.75, 3.05) is 25.1 Å².